The van der Waals surface area contributed by atoms with E-state index in [1.807, 2.05) is 12.1 Å². The summed E-state index contributed by atoms with van der Waals surface area (Å²) in [5.41, 5.74) is 1.20. The number of hydrogen-bond donors (Lipinski definition) is 2. The molecule has 0 aliphatic carbocycles. The van der Waals surface area contributed by atoms with Gasteiger partial charge in [-0.3, -0.25) is 14.4 Å². The third kappa shape index (κ3) is 3.78. The Morgan fingerprint density at radius 2 is 1.45 bits per heavy atom. The molecule has 8 heteroatoms. The van der Waals surface area contributed by atoms with Gasteiger partial charge >= 0.3 is 0 Å². The van der Waals surface area contributed by atoms with Crippen molar-refractivity contribution < 1.29 is 9.59 Å². The first kappa shape index (κ1) is 18.6. The average molecular weight is 404 g/mol. The molecular formula is C21H16N4O3S. The van der Waals surface area contributed by atoms with Crippen LogP contribution >= 0.6 is 11.3 Å². The van der Waals surface area contributed by atoms with Crippen molar-refractivity contribution in [1.29, 1.82) is 0 Å². The summed E-state index contributed by atoms with van der Waals surface area (Å²) in [5, 5.41) is 5.50. The highest BCUT2D eigenvalue weighted by atomic mass is 32.1. The first-order valence-corrected chi connectivity index (χ1v) is 9.60. The van der Waals surface area contributed by atoms with Gasteiger partial charge in [-0.15, -0.1) is 0 Å². The molecule has 2 N–H and O–H groups in total. The molecule has 2 heterocycles. The summed E-state index contributed by atoms with van der Waals surface area (Å²) in [5.74, 6) is -1.05. The largest absolute Gasteiger partial charge is 0.321 e. The van der Waals surface area contributed by atoms with E-state index in [1.165, 1.54) is 10.5 Å². The van der Waals surface area contributed by atoms with Crippen LogP contribution in [0.3, 0.4) is 0 Å². The van der Waals surface area contributed by atoms with Gasteiger partial charge in [0, 0.05) is 23.1 Å². The van der Waals surface area contributed by atoms with E-state index in [0.29, 0.717) is 17.1 Å². The van der Waals surface area contributed by atoms with Crippen molar-refractivity contribution in [3.05, 3.63) is 93.3 Å². The number of para-hydroxylation sites is 2. The van der Waals surface area contributed by atoms with Crippen molar-refractivity contribution in [3.63, 3.8) is 0 Å². The zero-order valence-corrected chi connectivity index (χ0v) is 16.2. The minimum atomic E-state index is -0.562. The fourth-order valence-corrected chi connectivity index (χ4v) is 3.93. The lowest BCUT2D eigenvalue weighted by Gasteiger charge is -2.08. The number of amides is 2. The normalized spacial score (nSPS) is 10.7. The van der Waals surface area contributed by atoms with Crippen LogP contribution in [-0.4, -0.2) is 21.2 Å². The number of carbonyl (C=O) groups is 2. The van der Waals surface area contributed by atoms with Crippen LogP contribution in [0.2, 0.25) is 0 Å². The monoisotopic (exact) mass is 404 g/mol. The van der Waals surface area contributed by atoms with Gasteiger partial charge in [-0.05, 0) is 31.2 Å². The van der Waals surface area contributed by atoms with Crippen LogP contribution in [0.1, 0.15) is 25.9 Å². The highest BCUT2D eigenvalue weighted by Crippen LogP contribution is 2.24. The van der Waals surface area contributed by atoms with Gasteiger partial charge in [-0.1, -0.05) is 47.7 Å². The van der Waals surface area contributed by atoms with E-state index in [9.17, 15) is 14.4 Å². The Balaban J connectivity index is 1.81. The maximum atomic E-state index is 13.0. The molecule has 0 atom stereocenters. The van der Waals surface area contributed by atoms with Gasteiger partial charge in [0.05, 0.1) is 0 Å². The van der Waals surface area contributed by atoms with Crippen molar-refractivity contribution >= 4 is 39.5 Å². The van der Waals surface area contributed by atoms with Crippen molar-refractivity contribution in [1.82, 2.24) is 9.38 Å². The molecule has 144 valence electrons. The van der Waals surface area contributed by atoms with E-state index in [2.05, 4.69) is 15.6 Å². The molecule has 4 aromatic rings. The smallest absolute Gasteiger partial charge is 0.274 e. The van der Waals surface area contributed by atoms with E-state index in [-0.39, 0.29) is 15.5 Å². The van der Waals surface area contributed by atoms with Crippen molar-refractivity contribution in [3.8, 4) is 0 Å². The number of carbonyl (C=O) groups excluding carboxylic acids is 2. The summed E-state index contributed by atoms with van der Waals surface area (Å²) in [4.78, 5) is 43.3. The Bertz CT molecular complexity index is 1260. The van der Waals surface area contributed by atoms with Crippen LogP contribution in [0.4, 0.5) is 11.4 Å². The quantitative estimate of drug-likeness (QED) is 0.544. The molecule has 0 saturated heterocycles. The lowest BCUT2D eigenvalue weighted by molar-refractivity contribution is 0.0989. The maximum absolute atomic E-state index is 13.0. The summed E-state index contributed by atoms with van der Waals surface area (Å²) in [6.45, 7) is 1.69. The molecule has 0 saturated carbocycles. The Morgan fingerprint density at radius 3 is 2.03 bits per heavy atom. The van der Waals surface area contributed by atoms with Gasteiger partial charge in [-0.25, -0.2) is 9.38 Å². The topological polar surface area (TPSA) is 92.6 Å². The fraction of sp³-hybridized carbons (Fsp3) is 0.0476. The van der Waals surface area contributed by atoms with Crippen LogP contribution in [0.5, 0.6) is 0 Å². The second-order valence-corrected chi connectivity index (χ2v) is 7.25. The molecule has 0 radical (unpaired) electrons. The molecule has 29 heavy (non-hydrogen) atoms. The molecule has 0 aliphatic heterocycles. The second kappa shape index (κ2) is 7.69. The van der Waals surface area contributed by atoms with Crippen molar-refractivity contribution in [2.45, 2.75) is 6.92 Å². The molecule has 4 rings (SSSR count). The Labute approximate surface area is 169 Å². The van der Waals surface area contributed by atoms with Gasteiger partial charge in [0.2, 0.25) is 0 Å². The number of nitrogens with zero attached hydrogens (tertiary/aromatic N) is 2. The Hall–Kier alpha value is -3.78. The Kier molecular flexibility index (Phi) is 4.92. The highest BCUT2D eigenvalue weighted by molar-refractivity contribution is 7.19. The number of hydrogen-bond acceptors (Lipinski definition) is 5. The van der Waals surface area contributed by atoms with Crippen molar-refractivity contribution in [2.75, 3.05) is 10.6 Å². The third-order valence-corrected chi connectivity index (χ3v) is 5.17. The molecule has 7 nitrogen and oxygen atoms in total. The predicted octanol–water partition coefficient (Wildman–Crippen LogP) is 3.57. The predicted molar refractivity (Wildman–Crippen MR) is 113 cm³/mol. The SMILES string of the molecule is Cc1cc(=O)n2c(C(=O)Nc3ccccc3)c(C(=O)Nc3ccccc3)sc2n1. The van der Waals surface area contributed by atoms with Gasteiger partial charge < -0.3 is 10.6 Å². The maximum Gasteiger partial charge on any atom is 0.274 e. The van der Waals surface area contributed by atoms with Crippen LogP contribution in [-0.2, 0) is 0 Å². The molecule has 0 aliphatic rings. The van der Waals surface area contributed by atoms with Gasteiger partial charge in [0.1, 0.15) is 10.6 Å². The number of benzene rings is 2. The summed E-state index contributed by atoms with van der Waals surface area (Å²) in [6.07, 6.45) is 0. The first-order chi connectivity index (χ1) is 14.0. The minimum Gasteiger partial charge on any atom is -0.321 e. The number of aromatic nitrogens is 2. The highest BCUT2D eigenvalue weighted by Gasteiger charge is 2.26. The van der Waals surface area contributed by atoms with Gasteiger partial charge in [0.25, 0.3) is 17.4 Å². The Morgan fingerprint density at radius 1 is 0.897 bits per heavy atom. The van der Waals surface area contributed by atoms with E-state index in [0.717, 1.165) is 11.3 Å². The molecule has 0 spiro atoms. The third-order valence-electron chi connectivity index (χ3n) is 4.13. The second-order valence-electron chi connectivity index (χ2n) is 6.27. The van der Waals surface area contributed by atoms with E-state index in [1.54, 1.807) is 55.5 Å². The molecule has 2 amide bonds. The summed E-state index contributed by atoms with van der Waals surface area (Å²) in [7, 11) is 0. The van der Waals surface area contributed by atoms with E-state index < -0.39 is 17.4 Å². The number of rotatable bonds is 4. The summed E-state index contributed by atoms with van der Waals surface area (Å²) < 4.78 is 1.18. The number of fused-ring (bicyclic) bond motifs is 1. The first-order valence-electron chi connectivity index (χ1n) is 8.79. The molecule has 2 aromatic carbocycles. The van der Waals surface area contributed by atoms with Gasteiger partial charge in [0.15, 0.2) is 4.96 Å². The summed E-state index contributed by atoms with van der Waals surface area (Å²) in [6, 6.07) is 19.1. The zero-order chi connectivity index (χ0) is 20.4. The van der Waals surface area contributed by atoms with Crippen LogP contribution in [0.25, 0.3) is 4.96 Å². The molecule has 0 unspecified atom stereocenters. The van der Waals surface area contributed by atoms with Crippen LogP contribution in [0, 0.1) is 6.92 Å². The minimum absolute atomic E-state index is 0.0419. The standard InChI is InChI=1S/C21H16N4O3S/c1-13-12-16(26)25-17(19(27)23-14-8-4-2-5-9-14)18(29-21(25)22-13)20(28)24-15-10-6-3-7-11-15/h2-12H,1H3,(H,23,27)(H,24,28). The van der Waals surface area contributed by atoms with Crippen LogP contribution < -0.4 is 16.2 Å². The summed E-state index contributed by atoms with van der Waals surface area (Å²) >= 11 is 0.997. The van der Waals surface area contributed by atoms with Crippen molar-refractivity contribution in [2.24, 2.45) is 0 Å². The molecule has 0 fully saturated rings. The fourth-order valence-electron chi connectivity index (χ4n) is 2.87. The number of thiazole rings is 1. The lowest BCUT2D eigenvalue weighted by atomic mass is 10.2. The van der Waals surface area contributed by atoms with E-state index in [4.69, 9.17) is 0 Å². The average Bonchev–Trinajstić information content (AvgIpc) is 3.09. The molecule has 0 bridgehead atoms. The lowest BCUT2D eigenvalue weighted by Crippen LogP contribution is -2.25. The van der Waals surface area contributed by atoms with E-state index >= 15 is 0 Å². The number of aryl methyl sites for hydroxylation is 1. The number of anilines is 2. The zero-order valence-electron chi connectivity index (χ0n) is 15.4. The molecule has 2 aromatic heterocycles. The van der Waals surface area contributed by atoms with Crippen LogP contribution in [0.15, 0.2) is 71.5 Å². The van der Waals surface area contributed by atoms with Gasteiger partial charge in [-0.2, -0.15) is 0 Å². The molecular weight excluding hydrogens is 388 g/mol. The number of nitrogens with one attached hydrogen (secondary N) is 2.